The van der Waals surface area contributed by atoms with Crippen LogP contribution >= 0.6 is 0 Å². The lowest BCUT2D eigenvalue weighted by atomic mass is 9.92. The summed E-state index contributed by atoms with van der Waals surface area (Å²) in [6.45, 7) is 7.32. The maximum atomic E-state index is 13.0. The summed E-state index contributed by atoms with van der Waals surface area (Å²) in [7, 11) is 1.66. The first kappa shape index (κ1) is 22.4. The molecule has 1 aromatic carbocycles. The molecule has 0 atom stereocenters. The number of allylic oxidation sites excluding steroid dienone is 1. The molecule has 32 heavy (non-hydrogen) atoms. The number of esters is 1. The third-order valence-electron chi connectivity index (χ3n) is 6.82. The lowest BCUT2D eigenvalue weighted by molar-refractivity contribution is -0.150. The number of piperidine rings is 1. The number of methoxy groups -OCH3 is 1. The van der Waals surface area contributed by atoms with Crippen LogP contribution in [0.2, 0.25) is 0 Å². The van der Waals surface area contributed by atoms with Crippen LogP contribution < -0.4 is 4.74 Å². The molecule has 4 rings (SSSR count). The Labute approximate surface area is 189 Å². The highest BCUT2D eigenvalue weighted by Crippen LogP contribution is 2.41. The van der Waals surface area contributed by atoms with Gasteiger partial charge in [0.2, 0.25) is 5.91 Å². The number of hydrogen-bond acceptors (Lipinski definition) is 5. The quantitative estimate of drug-likeness (QED) is 0.493. The molecule has 1 aliphatic carbocycles. The Morgan fingerprint density at radius 3 is 2.62 bits per heavy atom. The monoisotopic (exact) mass is 439 g/mol. The average Bonchev–Trinajstić information content (AvgIpc) is 3.18. The van der Waals surface area contributed by atoms with E-state index >= 15 is 0 Å². The SMILES string of the molecule is CCOC(=O)C1CCN(C(=O)/C=C(\C)c2cc3c4c(oc3c(C)c2OC)CCCC4)CC1. The Kier molecular flexibility index (Phi) is 6.58. The maximum Gasteiger partial charge on any atom is 0.309 e. The van der Waals surface area contributed by atoms with Gasteiger partial charge in [0.1, 0.15) is 17.1 Å². The van der Waals surface area contributed by atoms with E-state index in [0.29, 0.717) is 32.5 Å². The zero-order valence-electron chi connectivity index (χ0n) is 19.6. The predicted molar refractivity (Wildman–Crippen MR) is 124 cm³/mol. The van der Waals surface area contributed by atoms with Crippen molar-refractivity contribution < 1.29 is 23.5 Å². The van der Waals surface area contributed by atoms with E-state index in [0.717, 1.165) is 58.4 Å². The van der Waals surface area contributed by atoms with Crippen LogP contribution in [0, 0.1) is 12.8 Å². The van der Waals surface area contributed by atoms with Gasteiger partial charge in [-0.1, -0.05) is 0 Å². The summed E-state index contributed by atoms with van der Waals surface area (Å²) in [6, 6.07) is 2.13. The fourth-order valence-electron chi connectivity index (χ4n) is 5.04. The summed E-state index contributed by atoms with van der Waals surface area (Å²) in [4.78, 5) is 26.8. The molecule has 6 heteroatoms. The lowest BCUT2D eigenvalue weighted by Crippen LogP contribution is -2.40. The van der Waals surface area contributed by atoms with Crippen LogP contribution in [0.4, 0.5) is 0 Å². The van der Waals surface area contributed by atoms with E-state index in [2.05, 4.69) is 6.07 Å². The molecule has 2 heterocycles. The number of hydrogen-bond donors (Lipinski definition) is 0. The van der Waals surface area contributed by atoms with Gasteiger partial charge < -0.3 is 18.8 Å². The number of furan rings is 1. The van der Waals surface area contributed by atoms with Crippen LogP contribution in [-0.4, -0.2) is 43.6 Å². The van der Waals surface area contributed by atoms with Gasteiger partial charge in [0, 0.05) is 47.7 Å². The highest BCUT2D eigenvalue weighted by molar-refractivity contribution is 5.98. The van der Waals surface area contributed by atoms with Crippen LogP contribution in [0.15, 0.2) is 16.6 Å². The van der Waals surface area contributed by atoms with Gasteiger partial charge in [-0.15, -0.1) is 0 Å². The zero-order chi connectivity index (χ0) is 22.8. The molecule has 0 unspecified atom stereocenters. The minimum atomic E-state index is -0.150. The Balaban J connectivity index is 1.58. The number of nitrogens with zero attached hydrogens (tertiary/aromatic N) is 1. The van der Waals surface area contributed by atoms with Gasteiger partial charge in [0.05, 0.1) is 19.6 Å². The first-order chi connectivity index (χ1) is 15.4. The first-order valence-corrected chi connectivity index (χ1v) is 11.7. The molecule has 0 spiro atoms. The van der Waals surface area contributed by atoms with Crippen molar-refractivity contribution in [2.45, 2.75) is 59.3 Å². The molecule has 0 bridgehead atoms. The Morgan fingerprint density at radius 1 is 1.22 bits per heavy atom. The molecule has 1 aliphatic heterocycles. The highest BCUT2D eigenvalue weighted by atomic mass is 16.5. The smallest absolute Gasteiger partial charge is 0.309 e. The second-order valence-electron chi connectivity index (χ2n) is 8.85. The summed E-state index contributed by atoms with van der Waals surface area (Å²) in [6.07, 6.45) is 7.34. The van der Waals surface area contributed by atoms with Crippen molar-refractivity contribution in [3.05, 3.63) is 34.6 Å². The van der Waals surface area contributed by atoms with E-state index in [1.165, 1.54) is 12.0 Å². The summed E-state index contributed by atoms with van der Waals surface area (Å²) >= 11 is 0. The van der Waals surface area contributed by atoms with Crippen LogP contribution in [0.1, 0.15) is 62.0 Å². The molecule has 1 aromatic heterocycles. The summed E-state index contributed by atoms with van der Waals surface area (Å²) < 4.78 is 17.1. The molecule has 172 valence electrons. The largest absolute Gasteiger partial charge is 0.496 e. The average molecular weight is 440 g/mol. The van der Waals surface area contributed by atoms with E-state index in [1.807, 2.05) is 25.7 Å². The normalized spacial score (nSPS) is 17.4. The topological polar surface area (TPSA) is 69.0 Å². The van der Waals surface area contributed by atoms with Crippen molar-refractivity contribution in [3.8, 4) is 5.75 Å². The van der Waals surface area contributed by atoms with Crippen molar-refractivity contribution in [1.82, 2.24) is 4.90 Å². The number of fused-ring (bicyclic) bond motifs is 3. The maximum absolute atomic E-state index is 13.0. The lowest BCUT2D eigenvalue weighted by Gasteiger charge is -2.30. The summed E-state index contributed by atoms with van der Waals surface area (Å²) in [5, 5.41) is 1.14. The fraction of sp³-hybridized carbons (Fsp3) is 0.538. The number of carbonyl (C=O) groups is 2. The number of benzene rings is 1. The van der Waals surface area contributed by atoms with E-state index in [9.17, 15) is 9.59 Å². The van der Waals surface area contributed by atoms with Crippen molar-refractivity contribution in [2.24, 2.45) is 5.92 Å². The molecule has 2 aliphatic rings. The molecule has 0 radical (unpaired) electrons. The Bertz CT molecular complexity index is 1060. The van der Waals surface area contributed by atoms with Crippen LogP contribution in [0.25, 0.3) is 16.5 Å². The van der Waals surface area contributed by atoms with E-state index in [-0.39, 0.29) is 17.8 Å². The van der Waals surface area contributed by atoms with Crippen LogP contribution in [0.3, 0.4) is 0 Å². The number of carbonyl (C=O) groups excluding carboxylic acids is 2. The van der Waals surface area contributed by atoms with Gasteiger partial charge in [0.15, 0.2) is 0 Å². The zero-order valence-corrected chi connectivity index (χ0v) is 19.6. The van der Waals surface area contributed by atoms with Gasteiger partial charge in [-0.25, -0.2) is 0 Å². The van der Waals surface area contributed by atoms with Crippen LogP contribution in [-0.2, 0) is 27.2 Å². The number of ether oxygens (including phenoxy) is 2. The van der Waals surface area contributed by atoms with Gasteiger partial charge in [-0.3, -0.25) is 9.59 Å². The molecule has 0 saturated carbocycles. The second kappa shape index (κ2) is 9.39. The molecule has 0 N–H and O–H groups in total. The minimum absolute atomic E-state index is 0.0289. The Morgan fingerprint density at radius 2 is 1.94 bits per heavy atom. The molecule has 1 fully saturated rings. The van der Waals surface area contributed by atoms with Gasteiger partial charge in [0.25, 0.3) is 0 Å². The van der Waals surface area contributed by atoms with Crippen molar-refractivity contribution in [2.75, 3.05) is 26.8 Å². The molecule has 1 saturated heterocycles. The molecule has 1 amide bonds. The van der Waals surface area contributed by atoms with Crippen LogP contribution in [0.5, 0.6) is 5.75 Å². The Hall–Kier alpha value is -2.76. The van der Waals surface area contributed by atoms with E-state index in [1.54, 1.807) is 13.2 Å². The minimum Gasteiger partial charge on any atom is -0.496 e. The first-order valence-electron chi connectivity index (χ1n) is 11.7. The second-order valence-corrected chi connectivity index (χ2v) is 8.85. The fourth-order valence-corrected chi connectivity index (χ4v) is 5.04. The van der Waals surface area contributed by atoms with Crippen molar-refractivity contribution in [3.63, 3.8) is 0 Å². The highest BCUT2D eigenvalue weighted by Gasteiger charge is 2.28. The van der Waals surface area contributed by atoms with Gasteiger partial charge in [-0.2, -0.15) is 0 Å². The number of aryl methyl sites for hydroxylation is 3. The van der Waals surface area contributed by atoms with Gasteiger partial charge >= 0.3 is 5.97 Å². The third kappa shape index (κ3) is 4.15. The predicted octanol–water partition coefficient (Wildman–Crippen LogP) is 4.83. The molecule has 6 nitrogen and oxygen atoms in total. The number of rotatable bonds is 5. The summed E-state index contributed by atoms with van der Waals surface area (Å²) in [5.41, 5.74) is 4.98. The number of likely N-dealkylation sites (tertiary alicyclic amines) is 1. The van der Waals surface area contributed by atoms with E-state index in [4.69, 9.17) is 13.9 Å². The molecule has 2 aromatic rings. The number of amides is 1. The van der Waals surface area contributed by atoms with E-state index < -0.39 is 0 Å². The summed E-state index contributed by atoms with van der Waals surface area (Å²) in [5.74, 6) is 1.56. The molecular formula is C26H33NO5. The third-order valence-corrected chi connectivity index (χ3v) is 6.82. The van der Waals surface area contributed by atoms with Crippen molar-refractivity contribution >= 4 is 28.4 Å². The molecular weight excluding hydrogens is 406 g/mol. The standard InChI is InChI=1S/C26H33NO5/c1-5-31-26(29)18-10-12-27(13-11-18)23(28)14-16(2)20-15-21-19-8-6-7-9-22(19)32-25(21)17(3)24(20)30-4/h14-15,18H,5-13H2,1-4H3/b16-14+. The van der Waals surface area contributed by atoms with Gasteiger partial charge in [-0.05, 0) is 64.5 Å². The van der Waals surface area contributed by atoms with Crippen molar-refractivity contribution in [1.29, 1.82) is 0 Å².